The number of benzene rings is 5. The van der Waals surface area contributed by atoms with Crippen LogP contribution in [0.25, 0.3) is 10.9 Å². The van der Waals surface area contributed by atoms with E-state index in [4.69, 9.17) is 0 Å². The van der Waals surface area contributed by atoms with Crippen LogP contribution in [0.5, 0.6) is 0 Å². The highest BCUT2D eigenvalue weighted by Gasteiger charge is 2.34. The maximum absolute atomic E-state index is 13.8. The van der Waals surface area contributed by atoms with Gasteiger partial charge in [0.15, 0.2) is 0 Å². The second kappa shape index (κ2) is 14.4. The van der Waals surface area contributed by atoms with E-state index in [-0.39, 0.29) is 6.04 Å². The monoisotopic (exact) mass is 646 g/mol. The van der Waals surface area contributed by atoms with Crippen molar-refractivity contribution in [3.63, 3.8) is 0 Å². The molecule has 0 fully saturated rings. The summed E-state index contributed by atoms with van der Waals surface area (Å²) in [6, 6.07) is 51.4. The number of para-hydroxylation sites is 1. The van der Waals surface area contributed by atoms with Gasteiger partial charge in [0.05, 0.1) is 5.52 Å². The molecule has 0 saturated heterocycles. The molecule has 6 rings (SSSR count). The van der Waals surface area contributed by atoms with Crippen molar-refractivity contribution in [2.24, 2.45) is 0 Å². The van der Waals surface area contributed by atoms with Crippen molar-refractivity contribution in [1.82, 2.24) is 8.69 Å². The lowest BCUT2D eigenvalue weighted by Crippen LogP contribution is -2.41. The van der Waals surface area contributed by atoms with Crippen LogP contribution >= 0.6 is 19.9 Å². The third-order valence-corrected chi connectivity index (χ3v) is 13.0. The van der Waals surface area contributed by atoms with E-state index in [9.17, 15) is 4.55 Å². The molecule has 0 aliphatic carbocycles. The average molecular weight is 647 g/mol. The molecule has 45 heavy (non-hydrogen) atoms. The summed E-state index contributed by atoms with van der Waals surface area (Å²) in [6.45, 7) is 6.08. The molecule has 3 nitrogen and oxygen atoms in total. The summed E-state index contributed by atoms with van der Waals surface area (Å²) in [4.78, 5) is 1.18. The van der Waals surface area contributed by atoms with Gasteiger partial charge < -0.3 is 4.55 Å². The van der Waals surface area contributed by atoms with Gasteiger partial charge in [-0.1, -0.05) is 127 Å². The van der Waals surface area contributed by atoms with Crippen molar-refractivity contribution in [1.29, 1.82) is 0 Å². The Labute approximate surface area is 276 Å². The first-order chi connectivity index (χ1) is 21.9. The first-order valence-corrected chi connectivity index (χ1v) is 18.8. The molecule has 0 bridgehead atoms. The van der Waals surface area contributed by atoms with Crippen molar-refractivity contribution in [2.45, 2.75) is 42.9 Å². The summed E-state index contributed by atoms with van der Waals surface area (Å²) in [5.74, 6) is 0. The van der Waals surface area contributed by atoms with Gasteiger partial charge in [0.1, 0.15) is 10.8 Å². The van der Waals surface area contributed by atoms with Crippen LogP contribution in [0.3, 0.4) is 0 Å². The van der Waals surface area contributed by atoms with Crippen LogP contribution in [0.4, 0.5) is 0 Å². The first kappa shape index (κ1) is 31.7. The van der Waals surface area contributed by atoms with Crippen LogP contribution in [-0.2, 0) is 17.8 Å². The Hall–Kier alpha value is -3.31. The Morgan fingerprint density at radius 1 is 0.711 bits per heavy atom. The van der Waals surface area contributed by atoms with Crippen LogP contribution in [0, 0.1) is 0 Å². The molecule has 6 aromatic rings. The fourth-order valence-electron chi connectivity index (χ4n) is 5.60. The molecule has 6 heteroatoms. The standard InChI is InChI=1S/C39H39N2OPS2/c1-39(2,3)45(42)40-38(30-18-8-4-9-19-30)37-34-26-16-17-27-35(34)41(44-33-24-14-7-15-25-33)36(37)28-29-43(31-20-10-5-11-21-31)32-22-12-6-13-23-32/h4-27,38,40H,28-29H2,1-3H3/t38-,45?/m1/s1. The third kappa shape index (κ3) is 7.41. The van der Waals surface area contributed by atoms with Gasteiger partial charge in [0.2, 0.25) is 0 Å². The average Bonchev–Trinajstić information content (AvgIpc) is 3.37. The maximum Gasteiger partial charge on any atom is 0.136 e. The molecule has 1 unspecified atom stereocenters. The van der Waals surface area contributed by atoms with E-state index in [0.29, 0.717) is 0 Å². The summed E-state index contributed by atoms with van der Waals surface area (Å²) in [5.41, 5.74) is 4.74. The molecule has 228 valence electrons. The van der Waals surface area contributed by atoms with Crippen LogP contribution in [-0.4, -0.2) is 19.4 Å². The van der Waals surface area contributed by atoms with Crippen molar-refractivity contribution in [3.05, 3.63) is 162 Å². The van der Waals surface area contributed by atoms with Crippen LogP contribution < -0.4 is 15.3 Å². The Morgan fingerprint density at radius 2 is 1.22 bits per heavy atom. The molecule has 0 radical (unpaired) electrons. The van der Waals surface area contributed by atoms with E-state index in [1.54, 1.807) is 11.9 Å². The van der Waals surface area contributed by atoms with Gasteiger partial charge in [0, 0.05) is 32.9 Å². The van der Waals surface area contributed by atoms with Gasteiger partial charge in [-0.25, -0.2) is 0 Å². The van der Waals surface area contributed by atoms with Gasteiger partial charge in [-0.15, -0.1) is 4.72 Å². The lowest BCUT2D eigenvalue weighted by Gasteiger charge is -2.29. The van der Waals surface area contributed by atoms with E-state index in [2.05, 4.69) is 148 Å². The van der Waals surface area contributed by atoms with Crippen molar-refractivity contribution < 1.29 is 4.55 Å². The number of nitrogens with zero attached hydrogens (tertiary/aromatic N) is 1. The van der Waals surface area contributed by atoms with Crippen molar-refractivity contribution >= 4 is 52.7 Å². The Kier molecular flexibility index (Phi) is 10.1. The number of nitrogens with one attached hydrogen (secondary N) is 1. The molecule has 0 aliphatic rings. The molecule has 0 saturated carbocycles. The summed E-state index contributed by atoms with van der Waals surface area (Å²) >= 11 is 0.483. The Morgan fingerprint density at radius 3 is 1.80 bits per heavy atom. The molecular weight excluding hydrogens is 608 g/mol. The number of fused-ring (bicyclic) bond motifs is 1. The first-order valence-electron chi connectivity index (χ1n) is 15.4. The SMILES string of the molecule is CC(C)(C)[S+]([O-])N[C@H](c1ccccc1)c1c(CCP(c2ccccc2)c2ccccc2)n(Sc2ccccc2)c2ccccc12. The molecular formula is C39H39N2OPS2. The highest BCUT2D eigenvalue weighted by Crippen LogP contribution is 2.42. The highest BCUT2D eigenvalue weighted by molar-refractivity contribution is 7.98. The molecule has 1 aromatic heterocycles. The van der Waals surface area contributed by atoms with E-state index in [1.165, 1.54) is 37.7 Å². The quantitative estimate of drug-likeness (QED) is 0.113. The molecule has 1 heterocycles. The van der Waals surface area contributed by atoms with Crippen LogP contribution in [0.15, 0.2) is 150 Å². The number of rotatable bonds is 11. The molecule has 0 aliphatic heterocycles. The number of aromatic nitrogens is 1. The number of hydrogen-bond donors (Lipinski definition) is 1. The van der Waals surface area contributed by atoms with E-state index < -0.39 is 24.0 Å². The Balaban J connectivity index is 1.53. The number of hydrogen-bond acceptors (Lipinski definition) is 3. The fourth-order valence-corrected chi connectivity index (χ4v) is 9.78. The lowest BCUT2D eigenvalue weighted by molar-refractivity contribution is 0.535. The zero-order chi connectivity index (χ0) is 31.2. The molecule has 5 aromatic carbocycles. The van der Waals surface area contributed by atoms with Crippen LogP contribution in [0.2, 0.25) is 0 Å². The summed E-state index contributed by atoms with van der Waals surface area (Å²) in [7, 11) is -0.600. The van der Waals surface area contributed by atoms with E-state index >= 15 is 0 Å². The highest BCUT2D eigenvalue weighted by atomic mass is 32.2. The zero-order valence-corrected chi connectivity index (χ0v) is 28.5. The van der Waals surface area contributed by atoms with E-state index in [0.717, 1.165) is 18.1 Å². The fraction of sp³-hybridized carbons (Fsp3) is 0.179. The smallest absolute Gasteiger partial charge is 0.136 e. The van der Waals surface area contributed by atoms with Gasteiger partial charge in [-0.2, -0.15) is 0 Å². The molecule has 0 spiro atoms. The summed E-state index contributed by atoms with van der Waals surface area (Å²) in [6.07, 6.45) is 1.86. The normalized spacial score (nSPS) is 13.3. The van der Waals surface area contributed by atoms with Crippen molar-refractivity contribution in [3.8, 4) is 0 Å². The minimum Gasteiger partial charge on any atom is -0.598 e. The summed E-state index contributed by atoms with van der Waals surface area (Å²) < 4.78 is 19.4. The largest absolute Gasteiger partial charge is 0.598 e. The van der Waals surface area contributed by atoms with Gasteiger partial charge in [-0.3, -0.25) is 3.97 Å². The zero-order valence-electron chi connectivity index (χ0n) is 26.0. The molecule has 2 atom stereocenters. The van der Waals surface area contributed by atoms with E-state index in [1.807, 2.05) is 26.8 Å². The van der Waals surface area contributed by atoms with Crippen molar-refractivity contribution in [2.75, 3.05) is 6.16 Å². The predicted molar refractivity (Wildman–Crippen MR) is 197 cm³/mol. The molecule has 1 N–H and O–H groups in total. The van der Waals surface area contributed by atoms with Gasteiger partial charge >= 0.3 is 0 Å². The van der Waals surface area contributed by atoms with Crippen LogP contribution in [0.1, 0.15) is 43.6 Å². The van der Waals surface area contributed by atoms with Gasteiger partial charge in [-0.05, 0) is 87.6 Å². The third-order valence-electron chi connectivity index (χ3n) is 7.82. The van der Waals surface area contributed by atoms with Gasteiger partial charge in [0.25, 0.3) is 0 Å². The topological polar surface area (TPSA) is 40.0 Å². The maximum atomic E-state index is 13.8. The predicted octanol–water partition coefficient (Wildman–Crippen LogP) is 9.01. The second-order valence-corrected chi connectivity index (χ2v) is 17.3. The lowest BCUT2D eigenvalue weighted by atomic mass is 9.96. The minimum absolute atomic E-state index is 0.247. The Bertz CT molecular complexity index is 1770. The molecule has 0 amide bonds. The summed E-state index contributed by atoms with van der Waals surface area (Å²) in [5, 5.41) is 3.95. The second-order valence-electron chi connectivity index (χ2n) is 12.0. The minimum atomic E-state index is -1.28.